The summed E-state index contributed by atoms with van der Waals surface area (Å²) in [5.41, 5.74) is 2.90. The van der Waals surface area contributed by atoms with Crippen molar-refractivity contribution in [2.24, 2.45) is 0 Å². The average molecular weight is 420 g/mol. The van der Waals surface area contributed by atoms with Gasteiger partial charge in [-0.15, -0.1) is 0 Å². The van der Waals surface area contributed by atoms with E-state index in [1.54, 1.807) is 4.90 Å². The van der Waals surface area contributed by atoms with E-state index in [1.807, 2.05) is 6.07 Å². The van der Waals surface area contributed by atoms with Gasteiger partial charge in [-0.25, -0.2) is 0 Å². The van der Waals surface area contributed by atoms with Crippen molar-refractivity contribution in [3.05, 3.63) is 68.7 Å². The van der Waals surface area contributed by atoms with Gasteiger partial charge < -0.3 is 15.5 Å². The molecule has 0 amide bonds. The standard InChI is InChI=1S/C20H23ClN4O2S/c21-18-9-8-17(25(26)27)12-19(18)23-20(28)22-13-15-6-2-3-7-16(15)14-24-10-4-1-5-11-24/h2-3,6-9,12H,1,4-5,10-11,13-14H2,(H2,22,23,28)/p+1. The van der Waals surface area contributed by atoms with Gasteiger partial charge in [0.2, 0.25) is 0 Å². The molecule has 0 saturated carbocycles. The Balaban J connectivity index is 1.60. The van der Waals surface area contributed by atoms with Crippen molar-refractivity contribution >= 4 is 40.3 Å². The predicted molar refractivity (Wildman–Crippen MR) is 116 cm³/mol. The number of nitrogens with one attached hydrogen (secondary N) is 3. The molecule has 0 bridgehead atoms. The molecular formula is C20H24ClN4O2S+. The number of nitro benzene ring substituents is 1. The summed E-state index contributed by atoms with van der Waals surface area (Å²) in [7, 11) is 0. The van der Waals surface area contributed by atoms with Crippen molar-refractivity contribution in [3.8, 4) is 0 Å². The minimum absolute atomic E-state index is 0.0375. The third-order valence-corrected chi connectivity index (χ3v) is 5.54. The maximum atomic E-state index is 10.9. The average Bonchev–Trinajstić information content (AvgIpc) is 2.69. The molecule has 1 heterocycles. The Morgan fingerprint density at radius 1 is 1.14 bits per heavy atom. The van der Waals surface area contributed by atoms with Gasteiger partial charge in [-0.3, -0.25) is 10.1 Å². The molecule has 2 aromatic rings. The minimum Gasteiger partial charge on any atom is -0.358 e. The van der Waals surface area contributed by atoms with Crippen LogP contribution in [-0.4, -0.2) is 23.1 Å². The van der Waals surface area contributed by atoms with Crippen molar-refractivity contribution in [3.63, 3.8) is 0 Å². The molecule has 1 fully saturated rings. The zero-order valence-corrected chi connectivity index (χ0v) is 17.1. The highest BCUT2D eigenvalue weighted by atomic mass is 35.5. The van der Waals surface area contributed by atoms with Gasteiger partial charge in [-0.2, -0.15) is 0 Å². The lowest BCUT2D eigenvalue weighted by molar-refractivity contribution is -0.918. The first kappa shape index (κ1) is 20.5. The second kappa shape index (κ2) is 9.82. The van der Waals surface area contributed by atoms with E-state index >= 15 is 0 Å². The molecule has 0 spiro atoms. The summed E-state index contributed by atoms with van der Waals surface area (Å²) in [6.07, 6.45) is 3.94. The SMILES string of the molecule is O=[N+]([O-])c1ccc(Cl)c(NC(=S)NCc2ccccc2C[NH+]2CCCCC2)c1. The van der Waals surface area contributed by atoms with Gasteiger partial charge >= 0.3 is 0 Å². The van der Waals surface area contributed by atoms with Crippen molar-refractivity contribution < 1.29 is 9.82 Å². The van der Waals surface area contributed by atoms with Crippen LogP contribution in [-0.2, 0) is 13.1 Å². The lowest BCUT2D eigenvalue weighted by atomic mass is 10.0. The molecule has 3 N–H and O–H groups in total. The number of rotatable bonds is 6. The number of hydrogen-bond acceptors (Lipinski definition) is 3. The van der Waals surface area contributed by atoms with E-state index in [2.05, 4.69) is 28.8 Å². The van der Waals surface area contributed by atoms with Crippen LogP contribution in [0.1, 0.15) is 30.4 Å². The summed E-state index contributed by atoms with van der Waals surface area (Å²) in [6.45, 7) is 4.07. The summed E-state index contributed by atoms with van der Waals surface area (Å²) in [5, 5.41) is 17.8. The Labute approximate surface area is 175 Å². The smallest absolute Gasteiger partial charge is 0.271 e. The number of thiocarbonyl (C=S) groups is 1. The lowest BCUT2D eigenvalue weighted by Crippen LogP contribution is -3.11. The first-order valence-electron chi connectivity index (χ1n) is 9.42. The van der Waals surface area contributed by atoms with Crippen LogP contribution in [0.25, 0.3) is 0 Å². The quantitative estimate of drug-likeness (QED) is 0.380. The highest BCUT2D eigenvalue weighted by Gasteiger charge is 2.16. The van der Waals surface area contributed by atoms with E-state index in [9.17, 15) is 10.1 Å². The van der Waals surface area contributed by atoms with Crippen LogP contribution in [0.15, 0.2) is 42.5 Å². The molecule has 0 radical (unpaired) electrons. The van der Waals surface area contributed by atoms with Crippen molar-refractivity contribution in [2.45, 2.75) is 32.4 Å². The number of hydrogen-bond donors (Lipinski definition) is 3. The Hall–Kier alpha value is -2.22. The second-order valence-electron chi connectivity index (χ2n) is 6.99. The molecule has 6 nitrogen and oxygen atoms in total. The molecule has 0 aromatic heterocycles. The number of likely N-dealkylation sites (tertiary alicyclic amines) is 1. The molecule has 3 rings (SSSR count). The first-order chi connectivity index (χ1) is 13.5. The van der Waals surface area contributed by atoms with Crippen molar-refractivity contribution in [1.82, 2.24) is 5.32 Å². The van der Waals surface area contributed by atoms with Crippen LogP contribution < -0.4 is 15.5 Å². The van der Waals surface area contributed by atoms with Crippen LogP contribution in [0.4, 0.5) is 11.4 Å². The molecular weight excluding hydrogens is 396 g/mol. The number of quaternary nitrogens is 1. The topological polar surface area (TPSA) is 71.6 Å². The molecule has 1 aliphatic heterocycles. The first-order valence-corrected chi connectivity index (χ1v) is 10.2. The molecule has 148 valence electrons. The molecule has 1 aliphatic rings. The van der Waals surface area contributed by atoms with E-state index in [1.165, 1.54) is 61.7 Å². The predicted octanol–water partition coefficient (Wildman–Crippen LogP) is 3.30. The van der Waals surface area contributed by atoms with Gasteiger partial charge in [-0.05, 0) is 43.1 Å². The number of nitrogens with zero attached hydrogens (tertiary/aromatic N) is 1. The molecule has 0 aliphatic carbocycles. The van der Waals surface area contributed by atoms with Crippen LogP contribution in [0.5, 0.6) is 0 Å². The highest BCUT2D eigenvalue weighted by Crippen LogP contribution is 2.26. The summed E-state index contributed by atoms with van der Waals surface area (Å²) in [5.74, 6) is 0. The molecule has 0 unspecified atom stereocenters. The van der Waals surface area contributed by atoms with Gasteiger partial charge in [0.1, 0.15) is 6.54 Å². The fourth-order valence-electron chi connectivity index (χ4n) is 3.46. The van der Waals surface area contributed by atoms with E-state index < -0.39 is 4.92 Å². The van der Waals surface area contributed by atoms with Crippen molar-refractivity contribution in [2.75, 3.05) is 18.4 Å². The number of halogens is 1. The van der Waals surface area contributed by atoms with E-state index in [0.717, 1.165) is 6.54 Å². The molecule has 8 heteroatoms. The lowest BCUT2D eigenvalue weighted by Gasteiger charge is -2.24. The Kier molecular flexibility index (Phi) is 7.19. The van der Waals surface area contributed by atoms with Crippen LogP contribution in [0, 0.1) is 10.1 Å². The Morgan fingerprint density at radius 3 is 2.57 bits per heavy atom. The van der Waals surface area contributed by atoms with Crippen LogP contribution >= 0.6 is 23.8 Å². The number of nitro groups is 1. The van der Waals surface area contributed by atoms with Gasteiger partial charge in [0.25, 0.3) is 5.69 Å². The van der Waals surface area contributed by atoms with Gasteiger partial charge in [-0.1, -0.05) is 35.9 Å². The van der Waals surface area contributed by atoms with Gasteiger partial charge in [0.15, 0.2) is 5.11 Å². The number of piperidine rings is 1. The third-order valence-electron chi connectivity index (χ3n) is 4.97. The zero-order chi connectivity index (χ0) is 19.9. The fourth-order valence-corrected chi connectivity index (χ4v) is 3.81. The maximum absolute atomic E-state index is 10.9. The minimum atomic E-state index is -0.461. The highest BCUT2D eigenvalue weighted by molar-refractivity contribution is 7.80. The summed E-state index contributed by atoms with van der Waals surface area (Å²) >= 11 is 11.5. The summed E-state index contributed by atoms with van der Waals surface area (Å²) in [6, 6.07) is 12.6. The Morgan fingerprint density at radius 2 is 1.86 bits per heavy atom. The molecule has 2 aromatic carbocycles. The zero-order valence-electron chi connectivity index (χ0n) is 15.5. The molecule has 0 atom stereocenters. The van der Waals surface area contributed by atoms with Crippen molar-refractivity contribution in [1.29, 1.82) is 0 Å². The van der Waals surface area contributed by atoms with Gasteiger partial charge in [0.05, 0.1) is 28.7 Å². The number of anilines is 1. The Bertz CT molecular complexity index is 856. The number of benzene rings is 2. The van der Waals surface area contributed by atoms with Gasteiger partial charge in [0, 0.05) is 24.2 Å². The second-order valence-corrected chi connectivity index (χ2v) is 7.80. The molecule has 1 saturated heterocycles. The number of non-ortho nitro benzene ring substituents is 1. The molecule has 28 heavy (non-hydrogen) atoms. The van der Waals surface area contributed by atoms with Crippen LogP contribution in [0.2, 0.25) is 5.02 Å². The van der Waals surface area contributed by atoms with E-state index in [-0.39, 0.29) is 5.69 Å². The summed E-state index contributed by atoms with van der Waals surface area (Å²) in [4.78, 5) is 12.1. The van der Waals surface area contributed by atoms with E-state index in [4.69, 9.17) is 23.8 Å². The van der Waals surface area contributed by atoms with Crippen LogP contribution in [0.3, 0.4) is 0 Å². The monoisotopic (exact) mass is 419 g/mol. The third kappa shape index (κ3) is 5.64. The van der Waals surface area contributed by atoms with E-state index in [0.29, 0.717) is 22.4 Å². The normalized spacial score (nSPS) is 14.5. The maximum Gasteiger partial charge on any atom is 0.271 e. The largest absolute Gasteiger partial charge is 0.358 e. The fraction of sp³-hybridized carbons (Fsp3) is 0.350. The summed E-state index contributed by atoms with van der Waals surface area (Å²) < 4.78 is 0.